The summed E-state index contributed by atoms with van der Waals surface area (Å²) < 4.78 is 5.64. The molecule has 2 amide bonds. The maximum absolute atomic E-state index is 12.9. The smallest absolute Gasteiger partial charge is 0.407 e. The quantitative estimate of drug-likeness (QED) is 0.485. The Kier molecular flexibility index (Phi) is 8.06. The molecule has 0 bridgehead atoms. The summed E-state index contributed by atoms with van der Waals surface area (Å²) >= 11 is 0. The standard InChI is InChI=1S/C28H34N2O5/c1-2-19(15-26(31)32)30-27(33)20-10-4-3-9-18(20)16-29-28(34)35-17-25-23-13-7-5-11-21(23)22-12-6-8-14-24(22)25/h5-8,11-14,18-20,25H,2-4,9-10,15-17H2,1H3,(H,29,34)(H,30,33)(H,31,32)/t18?,19-,20?/m1/s1. The average Bonchev–Trinajstić information content (AvgIpc) is 3.19. The molecule has 35 heavy (non-hydrogen) atoms. The number of ether oxygens (including phenoxy) is 1. The van der Waals surface area contributed by atoms with Crippen molar-refractivity contribution in [3.63, 3.8) is 0 Å². The Morgan fingerprint density at radius 1 is 1.00 bits per heavy atom. The van der Waals surface area contributed by atoms with Gasteiger partial charge < -0.3 is 20.5 Å². The van der Waals surface area contributed by atoms with E-state index in [9.17, 15) is 14.4 Å². The number of nitrogens with one attached hydrogen (secondary N) is 2. The highest BCUT2D eigenvalue weighted by atomic mass is 16.5. The molecule has 0 spiro atoms. The highest BCUT2D eigenvalue weighted by molar-refractivity contribution is 5.81. The van der Waals surface area contributed by atoms with Crippen molar-refractivity contribution in [1.29, 1.82) is 0 Å². The normalized spacial score (nSPS) is 19.8. The van der Waals surface area contributed by atoms with Gasteiger partial charge in [0.1, 0.15) is 6.61 Å². The Labute approximate surface area is 206 Å². The van der Waals surface area contributed by atoms with Crippen LogP contribution in [0.1, 0.15) is 62.5 Å². The first-order valence-corrected chi connectivity index (χ1v) is 12.6. The summed E-state index contributed by atoms with van der Waals surface area (Å²) in [4.78, 5) is 36.5. The van der Waals surface area contributed by atoms with E-state index in [2.05, 4.69) is 34.9 Å². The van der Waals surface area contributed by atoms with Crippen LogP contribution in [0.15, 0.2) is 48.5 Å². The van der Waals surface area contributed by atoms with E-state index in [0.717, 1.165) is 36.8 Å². The summed E-state index contributed by atoms with van der Waals surface area (Å²) in [6, 6.07) is 16.0. The summed E-state index contributed by atoms with van der Waals surface area (Å²) in [5.74, 6) is -1.26. The minimum absolute atomic E-state index is 0.00145. The van der Waals surface area contributed by atoms with Gasteiger partial charge in [0.15, 0.2) is 0 Å². The number of carboxylic acid groups (broad SMARTS) is 1. The van der Waals surface area contributed by atoms with Crippen LogP contribution in [0, 0.1) is 11.8 Å². The predicted octanol–water partition coefficient (Wildman–Crippen LogP) is 4.70. The van der Waals surface area contributed by atoms with Gasteiger partial charge in [-0.3, -0.25) is 9.59 Å². The molecule has 0 heterocycles. The van der Waals surface area contributed by atoms with Crippen molar-refractivity contribution >= 4 is 18.0 Å². The SMILES string of the molecule is CC[C@H](CC(=O)O)NC(=O)C1CCCCC1CNC(=O)OCC1c2ccccc2-c2ccccc21. The fourth-order valence-corrected chi connectivity index (χ4v) is 5.48. The molecule has 2 aromatic rings. The molecule has 1 saturated carbocycles. The van der Waals surface area contributed by atoms with Crippen LogP contribution in [-0.4, -0.2) is 42.3 Å². The number of aliphatic carboxylic acids is 1. The number of hydrogen-bond donors (Lipinski definition) is 3. The van der Waals surface area contributed by atoms with E-state index in [4.69, 9.17) is 9.84 Å². The first kappa shape index (κ1) is 24.8. The molecule has 0 aliphatic heterocycles. The number of rotatable bonds is 9. The topological polar surface area (TPSA) is 105 Å². The number of alkyl carbamates (subject to hydrolysis) is 1. The number of carbonyl (C=O) groups is 3. The fourth-order valence-electron chi connectivity index (χ4n) is 5.48. The molecule has 1 fully saturated rings. The molecule has 2 aliphatic carbocycles. The van der Waals surface area contributed by atoms with Crippen LogP contribution in [0.3, 0.4) is 0 Å². The molecule has 2 aliphatic rings. The summed E-state index contributed by atoms with van der Waals surface area (Å²) in [5, 5.41) is 14.8. The Morgan fingerprint density at radius 3 is 2.26 bits per heavy atom. The highest BCUT2D eigenvalue weighted by Crippen LogP contribution is 2.44. The number of carbonyl (C=O) groups excluding carboxylic acids is 2. The number of fused-ring (bicyclic) bond motifs is 3. The maximum atomic E-state index is 12.9. The Hall–Kier alpha value is -3.35. The summed E-state index contributed by atoms with van der Waals surface area (Å²) in [7, 11) is 0. The molecule has 7 heteroatoms. The number of benzene rings is 2. The third-order valence-electron chi connectivity index (χ3n) is 7.36. The molecule has 0 aromatic heterocycles. The van der Waals surface area contributed by atoms with Crippen LogP contribution < -0.4 is 10.6 Å². The van der Waals surface area contributed by atoms with Crippen LogP contribution in [0.4, 0.5) is 4.79 Å². The van der Waals surface area contributed by atoms with Gasteiger partial charge in [-0.05, 0) is 47.4 Å². The van der Waals surface area contributed by atoms with E-state index in [0.29, 0.717) is 13.0 Å². The number of amides is 2. The van der Waals surface area contributed by atoms with Crippen LogP contribution in [0.5, 0.6) is 0 Å². The van der Waals surface area contributed by atoms with Crippen LogP contribution in [0.2, 0.25) is 0 Å². The maximum Gasteiger partial charge on any atom is 0.407 e. The van der Waals surface area contributed by atoms with Crippen molar-refractivity contribution in [2.24, 2.45) is 11.8 Å². The Bertz CT molecular complexity index is 1020. The minimum Gasteiger partial charge on any atom is -0.481 e. The lowest BCUT2D eigenvalue weighted by Crippen LogP contribution is -2.45. The van der Waals surface area contributed by atoms with Gasteiger partial charge in [-0.1, -0.05) is 68.3 Å². The molecular weight excluding hydrogens is 444 g/mol. The zero-order chi connectivity index (χ0) is 24.8. The molecule has 4 rings (SSSR count). The third kappa shape index (κ3) is 5.84. The summed E-state index contributed by atoms with van der Waals surface area (Å²) in [5.41, 5.74) is 4.69. The van der Waals surface area contributed by atoms with E-state index < -0.39 is 12.1 Å². The lowest BCUT2D eigenvalue weighted by Gasteiger charge is -2.31. The zero-order valence-electron chi connectivity index (χ0n) is 20.2. The van der Waals surface area contributed by atoms with Crippen LogP contribution in [0.25, 0.3) is 11.1 Å². The molecular formula is C28H34N2O5. The Morgan fingerprint density at radius 2 is 1.63 bits per heavy atom. The van der Waals surface area contributed by atoms with Gasteiger partial charge in [0, 0.05) is 24.4 Å². The molecule has 186 valence electrons. The van der Waals surface area contributed by atoms with E-state index >= 15 is 0 Å². The van der Waals surface area contributed by atoms with Gasteiger partial charge in [-0.2, -0.15) is 0 Å². The fraction of sp³-hybridized carbons (Fsp3) is 0.464. The molecule has 3 N–H and O–H groups in total. The monoisotopic (exact) mass is 478 g/mol. The predicted molar refractivity (Wildman–Crippen MR) is 133 cm³/mol. The van der Waals surface area contributed by atoms with E-state index in [1.54, 1.807) is 0 Å². The van der Waals surface area contributed by atoms with Gasteiger partial charge in [0.05, 0.1) is 6.42 Å². The zero-order valence-corrected chi connectivity index (χ0v) is 20.2. The van der Waals surface area contributed by atoms with Crippen molar-refractivity contribution in [3.05, 3.63) is 59.7 Å². The molecule has 2 unspecified atom stereocenters. The summed E-state index contributed by atoms with van der Waals surface area (Å²) in [6.45, 7) is 2.48. The molecule has 3 atom stereocenters. The van der Waals surface area contributed by atoms with Crippen molar-refractivity contribution in [2.75, 3.05) is 13.2 Å². The molecule has 2 aromatic carbocycles. The van der Waals surface area contributed by atoms with Gasteiger partial charge in [-0.15, -0.1) is 0 Å². The molecule has 7 nitrogen and oxygen atoms in total. The summed E-state index contributed by atoms with van der Waals surface area (Å²) in [6.07, 6.45) is 3.55. The Balaban J connectivity index is 1.31. The van der Waals surface area contributed by atoms with Crippen molar-refractivity contribution in [3.8, 4) is 11.1 Å². The van der Waals surface area contributed by atoms with Gasteiger partial charge in [0.2, 0.25) is 5.91 Å². The van der Waals surface area contributed by atoms with Gasteiger partial charge in [-0.25, -0.2) is 4.79 Å². The first-order chi connectivity index (χ1) is 17.0. The average molecular weight is 479 g/mol. The first-order valence-electron chi connectivity index (χ1n) is 12.6. The number of hydrogen-bond acceptors (Lipinski definition) is 4. The third-order valence-corrected chi connectivity index (χ3v) is 7.36. The van der Waals surface area contributed by atoms with E-state index in [-0.39, 0.29) is 42.7 Å². The number of carboxylic acids is 1. The van der Waals surface area contributed by atoms with Crippen molar-refractivity contribution < 1.29 is 24.2 Å². The van der Waals surface area contributed by atoms with Crippen molar-refractivity contribution in [1.82, 2.24) is 10.6 Å². The molecule has 0 saturated heterocycles. The van der Waals surface area contributed by atoms with E-state index in [1.807, 2.05) is 31.2 Å². The second-order valence-corrected chi connectivity index (χ2v) is 9.57. The highest BCUT2D eigenvalue weighted by Gasteiger charge is 2.33. The lowest BCUT2D eigenvalue weighted by molar-refractivity contribution is -0.138. The van der Waals surface area contributed by atoms with Crippen molar-refractivity contribution in [2.45, 2.75) is 57.4 Å². The molecule has 0 radical (unpaired) electrons. The second kappa shape index (κ2) is 11.4. The van der Waals surface area contributed by atoms with Crippen LogP contribution >= 0.6 is 0 Å². The van der Waals surface area contributed by atoms with Gasteiger partial charge in [0.25, 0.3) is 0 Å². The van der Waals surface area contributed by atoms with Crippen LogP contribution in [-0.2, 0) is 14.3 Å². The van der Waals surface area contributed by atoms with E-state index in [1.165, 1.54) is 11.1 Å². The van der Waals surface area contributed by atoms with Gasteiger partial charge >= 0.3 is 12.1 Å². The largest absolute Gasteiger partial charge is 0.481 e. The lowest BCUT2D eigenvalue weighted by atomic mass is 9.78. The minimum atomic E-state index is -0.922. The second-order valence-electron chi connectivity index (χ2n) is 9.57.